The van der Waals surface area contributed by atoms with Gasteiger partial charge in [0.2, 0.25) is 5.91 Å². The highest BCUT2D eigenvalue weighted by molar-refractivity contribution is 7.14. The van der Waals surface area contributed by atoms with Crippen LogP contribution in [0.1, 0.15) is 45.8 Å². The van der Waals surface area contributed by atoms with E-state index in [0.29, 0.717) is 6.54 Å². The summed E-state index contributed by atoms with van der Waals surface area (Å²) in [6.07, 6.45) is 4.68. The van der Waals surface area contributed by atoms with Crippen LogP contribution in [0.2, 0.25) is 0 Å². The molecule has 25 heavy (non-hydrogen) atoms. The topological polar surface area (TPSA) is 62.3 Å². The number of hydrogen-bond acceptors (Lipinski definition) is 5. The molecule has 3 heterocycles. The van der Waals surface area contributed by atoms with Crippen molar-refractivity contribution in [3.63, 3.8) is 0 Å². The van der Waals surface area contributed by atoms with Gasteiger partial charge in [-0.25, -0.2) is 4.98 Å². The predicted octanol–water partition coefficient (Wildman–Crippen LogP) is 3.33. The molecule has 1 saturated heterocycles. The summed E-state index contributed by atoms with van der Waals surface area (Å²) in [6, 6.07) is 7.71. The lowest BCUT2D eigenvalue weighted by molar-refractivity contribution is -0.121. The zero-order chi connectivity index (χ0) is 17.6. The summed E-state index contributed by atoms with van der Waals surface area (Å²) in [5.41, 5.74) is 1.03. The fraction of sp³-hybridized carbons (Fsp3) is 0.421. The van der Waals surface area contributed by atoms with Crippen molar-refractivity contribution < 1.29 is 9.59 Å². The van der Waals surface area contributed by atoms with Gasteiger partial charge in [0, 0.05) is 43.5 Å². The van der Waals surface area contributed by atoms with Crippen molar-refractivity contribution in [3.8, 4) is 0 Å². The standard InChI is InChI=1S/C19H23N3O2S/c1-14-4-6-17(25-14)16(23)5-7-19(24)21-13-15-8-9-20-18(12-15)22-10-2-3-11-22/h4,6,8-9,12H,2-3,5,7,10-11,13H2,1H3,(H,21,24). The van der Waals surface area contributed by atoms with Gasteiger partial charge in [-0.2, -0.15) is 0 Å². The van der Waals surface area contributed by atoms with Crippen molar-refractivity contribution >= 4 is 28.8 Å². The van der Waals surface area contributed by atoms with E-state index in [0.717, 1.165) is 34.2 Å². The number of thiophene rings is 1. The first kappa shape index (κ1) is 17.6. The Bertz CT molecular complexity index is 751. The molecule has 1 fully saturated rings. The molecule has 0 unspecified atom stereocenters. The van der Waals surface area contributed by atoms with Crippen LogP contribution in [0.3, 0.4) is 0 Å². The van der Waals surface area contributed by atoms with E-state index in [-0.39, 0.29) is 24.5 Å². The number of aryl methyl sites for hydroxylation is 1. The SMILES string of the molecule is Cc1ccc(C(=O)CCC(=O)NCc2ccnc(N3CCCC3)c2)s1. The fourth-order valence-electron chi connectivity index (χ4n) is 2.91. The highest BCUT2D eigenvalue weighted by atomic mass is 32.1. The minimum Gasteiger partial charge on any atom is -0.357 e. The van der Waals surface area contributed by atoms with Gasteiger partial charge in [0.15, 0.2) is 5.78 Å². The van der Waals surface area contributed by atoms with Gasteiger partial charge in [0.1, 0.15) is 5.82 Å². The number of aromatic nitrogens is 1. The monoisotopic (exact) mass is 357 g/mol. The van der Waals surface area contributed by atoms with Crippen LogP contribution < -0.4 is 10.2 Å². The Morgan fingerprint density at radius 2 is 2.00 bits per heavy atom. The molecule has 1 aliphatic heterocycles. The average Bonchev–Trinajstić information content (AvgIpc) is 3.30. The van der Waals surface area contributed by atoms with E-state index in [1.165, 1.54) is 24.2 Å². The van der Waals surface area contributed by atoms with E-state index in [9.17, 15) is 9.59 Å². The van der Waals surface area contributed by atoms with Crippen LogP contribution in [0, 0.1) is 6.92 Å². The van der Waals surface area contributed by atoms with E-state index in [1.807, 2.05) is 31.2 Å². The van der Waals surface area contributed by atoms with Crippen molar-refractivity contribution in [1.29, 1.82) is 0 Å². The summed E-state index contributed by atoms with van der Waals surface area (Å²) in [5.74, 6) is 0.919. The Balaban J connectivity index is 1.45. The number of carbonyl (C=O) groups excluding carboxylic acids is 2. The number of nitrogens with one attached hydrogen (secondary N) is 1. The van der Waals surface area contributed by atoms with Crippen LogP contribution in [0.4, 0.5) is 5.82 Å². The molecular formula is C19H23N3O2S. The maximum atomic E-state index is 12.0. The lowest BCUT2D eigenvalue weighted by Gasteiger charge is -2.17. The Morgan fingerprint density at radius 1 is 1.20 bits per heavy atom. The highest BCUT2D eigenvalue weighted by Crippen LogP contribution is 2.19. The predicted molar refractivity (Wildman–Crippen MR) is 100 cm³/mol. The third-order valence-corrected chi connectivity index (χ3v) is 5.37. The van der Waals surface area contributed by atoms with Gasteiger partial charge < -0.3 is 10.2 Å². The number of hydrogen-bond donors (Lipinski definition) is 1. The largest absolute Gasteiger partial charge is 0.357 e. The molecule has 2 aromatic heterocycles. The highest BCUT2D eigenvalue weighted by Gasteiger charge is 2.14. The molecule has 0 atom stereocenters. The molecule has 6 heteroatoms. The van der Waals surface area contributed by atoms with Gasteiger partial charge in [-0.05, 0) is 49.6 Å². The van der Waals surface area contributed by atoms with Gasteiger partial charge in [-0.15, -0.1) is 11.3 Å². The fourth-order valence-corrected chi connectivity index (χ4v) is 3.75. The molecule has 0 spiro atoms. The lowest BCUT2D eigenvalue weighted by Crippen LogP contribution is -2.24. The molecule has 0 bridgehead atoms. The smallest absolute Gasteiger partial charge is 0.220 e. The van der Waals surface area contributed by atoms with Crippen molar-refractivity contribution in [2.24, 2.45) is 0 Å². The zero-order valence-electron chi connectivity index (χ0n) is 14.5. The molecular weight excluding hydrogens is 334 g/mol. The first-order chi connectivity index (χ1) is 12.1. The number of carbonyl (C=O) groups is 2. The van der Waals surface area contributed by atoms with Gasteiger partial charge in [-0.3, -0.25) is 9.59 Å². The van der Waals surface area contributed by atoms with Gasteiger partial charge in [0.05, 0.1) is 4.88 Å². The molecule has 1 aliphatic rings. The van der Waals surface area contributed by atoms with Crippen molar-refractivity contribution in [2.75, 3.05) is 18.0 Å². The summed E-state index contributed by atoms with van der Waals surface area (Å²) in [6.45, 7) is 4.54. The van der Waals surface area contributed by atoms with E-state index in [4.69, 9.17) is 0 Å². The van der Waals surface area contributed by atoms with E-state index in [1.54, 1.807) is 6.20 Å². The number of nitrogens with zero attached hydrogens (tertiary/aromatic N) is 2. The molecule has 3 rings (SSSR count). The summed E-state index contributed by atoms with van der Waals surface area (Å²) < 4.78 is 0. The van der Waals surface area contributed by atoms with Crippen LogP contribution in [0.25, 0.3) is 0 Å². The molecule has 1 N–H and O–H groups in total. The molecule has 1 amide bonds. The number of ketones is 1. The van der Waals surface area contributed by atoms with Crippen LogP contribution >= 0.6 is 11.3 Å². The van der Waals surface area contributed by atoms with Crippen molar-refractivity contribution in [2.45, 2.75) is 39.2 Å². The number of Topliss-reactive ketones (excluding diaryl/α,β-unsaturated/α-hetero) is 1. The Kier molecular flexibility index (Phi) is 5.81. The molecule has 0 aliphatic carbocycles. The second kappa shape index (κ2) is 8.25. The number of rotatable bonds is 7. The van der Waals surface area contributed by atoms with E-state index in [2.05, 4.69) is 15.2 Å². The second-order valence-corrected chi connectivity index (χ2v) is 7.61. The normalized spacial score (nSPS) is 13.9. The van der Waals surface area contributed by atoms with Crippen molar-refractivity contribution in [3.05, 3.63) is 45.8 Å². The van der Waals surface area contributed by atoms with Crippen LogP contribution in [0.5, 0.6) is 0 Å². The Hall–Kier alpha value is -2.21. The lowest BCUT2D eigenvalue weighted by atomic mass is 10.2. The summed E-state index contributed by atoms with van der Waals surface area (Å²) in [5, 5.41) is 2.89. The van der Waals surface area contributed by atoms with Crippen LogP contribution in [-0.4, -0.2) is 29.8 Å². The van der Waals surface area contributed by atoms with E-state index < -0.39 is 0 Å². The number of anilines is 1. The molecule has 2 aromatic rings. The van der Waals surface area contributed by atoms with E-state index >= 15 is 0 Å². The van der Waals surface area contributed by atoms with Crippen LogP contribution in [0.15, 0.2) is 30.5 Å². The minimum absolute atomic E-state index is 0.0356. The first-order valence-corrected chi connectivity index (χ1v) is 9.50. The molecule has 0 saturated carbocycles. The quantitative estimate of drug-likeness (QED) is 0.772. The maximum absolute atomic E-state index is 12.0. The number of pyridine rings is 1. The zero-order valence-corrected chi connectivity index (χ0v) is 15.3. The van der Waals surface area contributed by atoms with Crippen molar-refractivity contribution in [1.82, 2.24) is 10.3 Å². The van der Waals surface area contributed by atoms with Gasteiger partial charge >= 0.3 is 0 Å². The molecule has 5 nitrogen and oxygen atoms in total. The second-order valence-electron chi connectivity index (χ2n) is 6.33. The third kappa shape index (κ3) is 4.89. The van der Waals surface area contributed by atoms with Crippen LogP contribution in [-0.2, 0) is 11.3 Å². The summed E-state index contributed by atoms with van der Waals surface area (Å²) in [4.78, 5) is 32.6. The first-order valence-electron chi connectivity index (χ1n) is 8.68. The Morgan fingerprint density at radius 3 is 2.72 bits per heavy atom. The summed E-state index contributed by atoms with van der Waals surface area (Å²) in [7, 11) is 0. The Labute approximate surface area is 152 Å². The molecule has 132 valence electrons. The molecule has 0 aromatic carbocycles. The average molecular weight is 357 g/mol. The summed E-state index contributed by atoms with van der Waals surface area (Å²) >= 11 is 1.48. The van der Waals surface area contributed by atoms with Gasteiger partial charge in [-0.1, -0.05) is 0 Å². The minimum atomic E-state index is -0.0961. The number of amides is 1. The van der Waals surface area contributed by atoms with Gasteiger partial charge in [0.25, 0.3) is 0 Å². The third-order valence-electron chi connectivity index (χ3n) is 4.32. The maximum Gasteiger partial charge on any atom is 0.220 e. The molecule has 0 radical (unpaired) electrons.